The molecule has 0 saturated heterocycles. The monoisotopic (exact) mass is 495 g/mol. The van der Waals surface area contributed by atoms with Gasteiger partial charge >= 0.3 is 0 Å². The molecule has 3 aromatic carbocycles. The molecule has 0 spiro atoms. The molecule has 1 amide bonds. The molecule has 36 heavy (non-hydrogen) atoms. The van der Waals surface area contributed by atoms with Crippen molar-refractivity contribution in [3.63, 3.8) is 0 Å². The Balaban J connectivity index is 1.48. The van der Waals surface area contributed by atoms with Gasteiger partial charge in [-0.2, -0.15) is 0 Å². The largest absolute Gasteiger partial charge is 0.508 e. The van der Waals surface area contributed by atoms with Crippen LogP contribution >= 0.6 is 11.8 Å². The first-order valence-electron chi connectivity index (χ1n) is 11.0. The van der Waals surface area contributed by atoms with Crippen LogP contribution in [0.25, 0.3) is 11.0 Å². The minimum Gasteiger partial charge on any atom is -0.508 e. The maximum absolute atomic E-state index is 12.8. The van der Waals surface area contributed by atoms with E-state index in [4.69, 9.17) is 4.74 Å². The van der Waals surface area contributed by atoms with E-state index in [0.717, 1.165) is 20.9 Å². The van der Waals surface area contributed by atoms with E-state index in [9.17, 15) is 9.90 Å². The number of rotatable bonds is 7. The Labute approximate surface area is 211 Å². The maximum Gasteiger partial charge on any atom is 0.255 e. The zero-order chi connectivity index (χ0) is 24.9. The molecule has 9 heteroatoms. The van der Waals surface area contributed by atoms with Crippen LogP contribution in [0.15, 0.2) is 101 Å². The Morgan fingerprint density at radius 2 is 1.75 bits per heavy atom. The van der Waals surface area contributed by atoms with Gasteiger partial charge in [-0.05, 0) is 78.9 Å². The molecule has 0 fully saturated rings. The van der Waals surface area contributed by atoms with E-state index in [0.29, 0.717) is 28.5 Å². The van der Waals surface area contributed by atoms with E-state index < -0.39 is 0 Å². The van der Waals surface area contributed by atoms with Gasteiger partial charge in [0.25, 0.3) is 5.91 Å². The van der Waals surface area contributed by atoms with Gasteiger partial charge in [0, 0.05) is 27.2 Å². The Morgan fingerprint density at radius 3 is 2.53 bits per heavy atom. The zero-order valence-corrected chi connectivity index (χ0v) is 20.0. The second-order valence-electron chi connectivity index (χ2n) is 7.71. The molecular weight excluding hydrogens is 474 g/mol. The quantitative estimate of drug-likeness (QED) is 0.257. The number of methoxy groups -OCH3 is 1. The molecule has 5 rings (SSSR count). The van der Waals surface area contributed by atoms with Crippen molar-refractivity contribution in [2.45, 2.75) is 9.79 Å². The van der Waals surface area contributed by atoms with Crippen LogP contribution in [-0.4, -0.2) is 33.1 Å². The van der Waals surface area contributed by atoms with Crippen molar-refractivity contribution in [3.05, 3.63) is 97.0 Å². The van der Waals surface area contributed by atoms with Crippen LogP contribution in [0, 0.1) is 0 Å². The molecule has 2 heterocycles. The van der Waals surface area contributed by atoms with Gasteiger partial charge in [0.2, 0.25) is 0 Å². The van der Waals surface area contributed by atoms with Crippen molar-refractivity contribution < 1.29 is 14.6 Å². The maximum atomic E-state index is 12.8. The number of phenols is 1. The lowest BCUT2D eigenvalue weighted by atomic mass is 10.2. The normalized spacial score (nSPS) is 10.7. The molecule has 0 radical (unpaired) electrons. The number of hydrogen-bond donors (Lipinski definition) is 3. The SMILES string of the molecule is COc1ccc(C(=O)Nc2ccc(Sc3ccc(O)cc3)c(Nc3ncnc4ncccc34)c2)cc1. The molecule has 178 valence electrons. The number of ether oxygens (including phenoxy) is 1. The molecule has 0 atom stereocenters. The van der Waals surface area contributed by atoms with Gasteiger partial charge in [-0.15, -0.1) is 0 Å². The number of anilines is 3. The number of amides is 1. The third-order valence-corrected chi connectivity index (χ3v) is 6.40. The summed E-state index contributed by atoms with van der Waals surface area (Å²) in [5, 5.41) is 16.7. The summed E-state index contributed by atoms with van der Waals surface area (Å²) < 4.78 is 5.17. The van der Waals surface area contributed by atoms with Crippen molar-refractivity contribution in [2.24, 2.45) is 0 Å². The molecule has 0 bridgehead atoms. The number of nitrogens with one attached hydrogen (secondary N) is 2. The molecule has 0 saturated carbocycles. The number of aromatic hydroxyl groups is 1. The van der Waals surface area contributed by atoms with Crippen molar-refractivity contribution in [2.75, 3.05) is 17.7 Å². The van der Waals surface area contributed by atoms with E-state index in [-0.39, 0.29) is 11.7 Å². The summed E-state index contributed by atoms with van der Waals surface area (Å²) in [5.41, 5.74) is 2.45. The summed E-state index contributed by atoms with van der Waals surface area (Å²) in [7, 11) is 1.58. The van der Waals surface area contributed by atoms with E-state index in [1.165, 1.54) is 18.1 Å². The van der Waals surface area contributed by atoms with E-state index in [1.807, 2.05) is 42.5 Å². The standard InChI is InChI=1S/C27H21N5O3S/c1-35-20-9-4-17(5-10-20)27(34)31-18-6-13-24(36-21-11-7-19(33)8-12-21)23(15-18)32-26-22-3-2-14-28-25(22)29-16-30-26/h2-16,33H,1H3,(H,31,34)(H,28,29,30,32). The predicted octanol–water partition coefficient (Wildman–Crippen LogP) is 5.89. The van der Waals surface area contributed by atoms with Gasteiger partial charge < -0.3 is 20.5 Å². The number of aromatic nitrogens is 3. The number of carbonyl (C=O) groups is 1. The average Bonchev–Trinajstić information content (AvgIpc) is 2.91. The highest BCUT2D eigenvalue weighted by molar-refractivity contribution is 7.99. The fraction of sp³-hybridized carbons (Fsp3) is 0.0370. The Hall–Kier alpha value is -4.63. The smallest absolute Gasteiger partial charge is 0.255 e. The van der Waals surface area contributed by atoms with Crippen LogP contribution in [0.4, 0.5) is 17.2 Å². The summed E-state index contributed by atoms with van der Waals surface area (Å²) >= 11 is 1.52. The van der Waals surface area contributed by atoms with E-state index >= 15 is 0 Å². The van der Waals surface area contributed by atoms with Gasteiger partial charge in [0.15, 0.2) is 5.65 Å². The van der Waals surface area contributed by atoms with E-state index in [2.05, 4.69) is 25.6 Å². The fourth-order valence-corrected chi connectivity index (χ4v) is 4.39. The molecule has 0 unspecified atom stereocenters. The van der Waals surface area contributed by atoms with Crippen LogP contribution in [0.3, 0.4) is 0 Å². The lowest BCUT2D eigenvalue weighted by molar-refractivity contribution is 0.102. The van der Waals surface area contributed by atoms with Crippen LogP contribution in [0.2, 0.25) is 0 Å². The van der Waals surface area contributed by atoms with Gasteiger partial charge in [0.05, 0.1) is 18.2 Å². The van der Waals surface area contributed by atoms with Crippen LogP contribution in [-0.2, 0) is 0 Å². The first-order chi connectivity index (χ1) is 17.6. The van der Waals surface area contributed by atoms with Crippen molar-refractivity contribution >= 4 is 45.9 Å². The number of pyridine rings is 1. The summed E-state index contributed by atoms with van der Waals surface area (Å²) in [6, 6.07) is 23.2. The summed E-state index contributed by atoms with van der Waals surface area (Å²) in [4.78, 5) is 27.6. The number of benzene rings is 3. The number of nitrogens with zero attached hydrogens (tertiary/aromatic N) is 3. The van der Waals surface area contributed by atoms with Crippen molar-refractivity contribution in [1.82, 2.24) is 15.0 Å². The number of phenolic OH excluding ortho intramolecular Hbond substituents is 1. The molecule has 0 aliphatic heterocycles. The first kappa shape index (κ1) is 23.1. The molecule has 3 N–H and O–H groups in total. The van der Waals surface area contributed by atoms with Gasteiger partial charge in [-0.25, -0.2) is 15.0 Å². The van der Waals surface area contributed by atoms with E-state index in [1.54, 1.807) is 49.7 Å². The Bertz CT molecular complexity index is 1520. The summed E-state index contributed by atoms with van der Waals surface area (Å²) in [5.74, 6) is 1.24. The Kier molecular flexibility index (Phi) is 6.63. The van der Waals surface area contributed by atoms with Crippen LogP contribution < -0.4 is 15.4 Å². The third kappa shape index (κ3) is 5.21. The number of carbonyl (C=O) groups excluding carboxylic acids is 1. The second kappa shape index (κ2) is 10.3. The highest BCUT2D eigenvalue weighted by atomic mass is 32.2. The lowest BCUT2D eigenvalue weighted by Gasteiger charge is -2.15. The molecule has 5 aromatic rings. The topological polar surface area (TPSA) is 109 Å². The Morgan fingerprint density at radius 1 is 0.944 bits per heavy atom. The molecule has 0 aliphatic carbocycles. The highest BCUT2D eigenvalue weighted by Crippen LogP contribution is 2.37. The molecule has 0 aliphatic rings. The molecule has 8 nitrogen and oxygen atoms in total. The zero-order valence-electron chi connectivity index (χ0n) is 19.2. The van der Waals surface area contributed by atoms with Crippen molar-refractivity contribution in [3.8, 4) is 11.5 Å². The lowest BCUT2D eigenvalue weighted by Crippen LogP contribution is -2.12. The predicted molar refractivity (Wildman–Crippen MR) is 140 cm³/mol. The highest BCUT2D eigenvalue weighted by Gasteiger charge is 2.13. The van der Waals surface area contributed by atoms with Gasteiger partial charge in [-0.1, -0.05) is 11.8 Å². The minimum absolute atomic E-state index is 0.203. The minimum atomic E-state index is -0.237. The molecular formula is C27H21N5O3S. The average molecular weight is 496 g/mol. The van der Waals surface area contributed by atoms with Gasteiger partial charge in [0.1, 0.15) is 23.6 Å². The summed E-state index contributed by atoms with van der Waals surface area (Å²) in [6.07, 6.45) is 3.14. The number of hydrogen-bond acceptors (Lipinski definition) is 8. The third-order valence-electron chi connectivity index (χ3n) is 5.32. The van der Waals surface area contributed by atoms with Crippen molar-refractivity contribution in [1.29, 1.82) is 0 Å². The fourth-order valence-electron chi connectivity index (χ4n) is 3.50. The van der Waals surface area contributed by atoms with Crippen LogP contribution in [0.1, 0.15) is 10.4 Å². The second-order valence-corrected chi connectivity index (χ2v) is 8.83. The first-order valence-corrected chi connectivity index (χ1v) is 11.8. The summed E-state index contributed by atoms with van der Waals surface area (Å²) in [6.45, 7) is 0. The van der Waals surface area contributed by atoms with Gasteiger partial charge in [-0.3, -0.25) is 4.79 Å². The number of fused-ring (bicyclic) bond motifs is 1. The molecule has 2 aromatic heterocycles. The van der Waals surface area contributed by atoms with Crippen LogP contribution in [0.5, 0.6) is 11.5 Å².